The molecule has 3 heterocycles. The van der Waals surface area contributed by atoms with E-state index in [4.69, 9.17) is 15.0 Å². The van der Waals surface area contributed by atoms with Gasteiger partial charge in [0.25, 0.3) is 6.71 Å². The van der Waals surface area contributed by atoms with Crippen molar-refractivity contribution >= 4 is 57.2 Å². The van der Waals surface area contributed by atoms with Crippen LogP contribution in [0.1, 0.15) is 298 Å². The molecule has 2 saturated carbocycles. The van der Waals surface area contributed by atoms with E-state index in [1.165, 1.54) is 170 Å². The molecule has 0 amide bonds. The van der Waals surface area contributed by atoms with E-state index in [9.17, 15) is 0 Å². The lowest BCUT2D eigenvalue weighted by Gasteiger charge is -2.45. The monoisotopic (exact) mass is 1260 g/mol. The first-order chi connectivity index (χ1) is 44.1. The van der Waals surface area contributed by atoms with Crippen molar-refractivity contribution in [1.29, 1.82) is 0 Å². The molecule has 2 fully saturated rings. The van der Waals surface area contributed by atoms with Crippen molar-refractivity contribution in [3.8, 4) is 34.2 Å². The zero-order valence-electron chi connectivity index (χ0n) is 63.1. The van der Waals surface area contributed by atoms with Crippen molar-refractivity contribution in [1.82, 2.24) is 15.0 Å². The molecule has 6 heteroatoms. The van der Waals surface area contributed by atoms with E-state index in [-0.39, 0.29) is 50.0 Å². The second kappa shape index (κ2) is 24.0. The van der Waals surface area contributed by atoms with E-state index >= 15 is 0 Å². The molecule has 12 rings (SSSR count). The van der Waals surface area contributed by atoms with E-state index in [1.54, 1.807) is 0 Å². The zero-order chi connectivity index (χ0) is 68.7. The standard InChI is InChI=1S/C89H114BN5/c1-82(2,3)62-39-59(40-63(47-62)83(4,5)6)79-91-80(60-41-64(84(7,8)9)48-65(42-60)85(10,11)12)93-81(92-79)61-45-76-78-77(46-61)95(71-53-68(88(19,20)21)50-69(54-71)89(22,23)24)75-38-36-58(56-33-29-26-30-34-56)44-73(75)90(78)72-43-57(55-31-27-25-28-32-55)35-37-74(72)94(76)70-51-66(86(13,14)15)49-67(52-70)87(16,17)18/h35-56H,25-34H2,1-24H3. The summed E-state index contributed by atoms with van der Waals surface area (Å²) < 4.78 is 0. The zero-order valence-corrected chi connectivity index (χ0v) is 63.1. The van der Waals surface area contributed by atoms with Gasteiger partial charge in [0.15, 0.2) is 17.5 Å². The summed E-state index contributed by atoms with van der Waals surface area (Å²) >= 11 is 0. The van der Waals surface area contributed by atoms with Gasteiger partial charge in [-0.25, -0.2) is 15.0 Å². The smallest absolute Gasteiger partial charge is 0.252 e. The number of fused-ring (bicyclic) bond motifs is 4. The minimum Gasteiger partial charge on any atom is -0.311 e. The van der Waals surface area contributed by atoms with Gasteiger partial charge in [-0.2, -0.15) is 0 Å². The molecule has 1 aromatic heterocycles. The highest BCUT2D eigenvalue weighted by Crippen LogP contribution is 2.51. The highest BCUT2D eigenvalue weighted by atomic mass is 15.2. The number of hydrogen-bond donors (Lipinski definition) is 0. The van der Waals surface area contributed by atoms with Crippen molar-refractivity contribution in [3.05, 3.63) is 177 Å². The fourth-order valence-electron chi connectivity index (χ4n) is 15.3. The fraction of sp³-hybridized carbons (Fsp3) is 0.494. The van der Waals surface area contributed by atoms with Crippen LogP contribution in [-0.2, 0) is 43.3 Å². The summed E-state index contributed by atoms with van der Waals surface area (Å²) in [7, 11) is 0. The molecule has 0 atom stereocenters. The average Bonchev–Trinajstić information content (AvgIpc) is 0.693. The number of rotatable bonds is 7. The van der Waals surface area contributed by atoms with Gasteiger partial charge in [-0.15, -0.1) is 0 Å². The number of anilines is 6. The Morgan fingerprint density at radius 1 is 0.284 bits per heavy atom. The van der Waals surface area contributed by atoms with Crippen LogP contribution in [-0.4, -0.2) is 21.7 Å². The maximum atomic E-state index is 5.89. The van der Waals surface area contributed by atoms with Crippen LogP contribution in [0, 0.1) is 0 Å². The van der Waals surface area contributed by atoms with Gasteiger partial charge in [-0.1, -0.05) is 253 Å². The number of aromatic nitrogens is 3. The minimum atomic E-state index is -0.128. The second-order valence-electron chi connectivity index (χ2n) is 37.8. The molecule has 2 aliphatic carbocycles. The third kappa shape index (κ3) is 13.7. The van der Waals surface area contributed by atoms with Crippen LogP contribution in [0.2, 0.25) is 0 Å². The predicted molar refractivity (Wildman–Crippen MR) is 411 cm³/mol. The van der Waals surface area contributed by atoms with Crippen molar-refractivity contribution in [2.24, 2.45) is 0 Å². The van der Waals surface area contributed by atoms with E-state index in [0.29, 0.717) is 29.3 Å². The van der Waals surface area contributed by atoms with Gasteiger partial charge in [-0.05, 0) is 226 Å². The summed E-state index contributed by atoms with van der Waals surface area (Å²) in [5, 5.41) is 0. The number of benzene rings is 7. The average molecular weight is 1260 g/mol. The maximum absolute atomic E-state index is 5.89. The largest absolute Gasteiger partial charge is 0.311 e. The highest BCUT2D eigenvalue weighted by molar-refractivity contribution is 7.00. The van der Waals surface area contributed by atoms with E-state index in [2.05, 4.69) is 297 Å². The molecule has 4 aliphatic rings. The summed E-state index contributed by atoms with van der Waals surface area (Å²) in [6.07, 6.45) is 12.8. The van der Waals surface area contributed by atoms with Crippen molar-refractivity contribution in [2.75, 3.05) is 9.80 Å². The summed E-state index contributed by atoms with van der Waals surface area (Å²) in [6.45, 7) is 56.4. The normalized spacial score (nSPS) is 16.3. The molecular formula is C89H114BN5. The van der Waals surface area contributed by atoms with Crippen LogP contribution in [0.25, 0.3) is 34.2 Å². The SMILES string of the molecule is CC(C)(C)c1cc(-c2nc(-c3cc(C(C)(C)C)cc(C(C)(C)C)c3)nc(-c3cc4c5c(c3)N(c3cc(C(C)(C)C)cc(C(C)(C)C)c3)c3ccc(C6CCCCC6)cc3B5c3cc(C5CCCCC5)ccc3N4c3cc(C(C)(C)C)cc(C(C)(C)C)c3)n2)cc(C(C)(C)C)c1. The topological polar surface area (TPSA) is 45.2 Å². The molecule has 7 aromatic carbocycles. The summed E-state index contributed by atoms with van der Waals surface area (Å²) in [4.78, 5) is 22.9. The van der Waals surface area contributed by atoms with Crippen LogP contribution in [0.15, 0.2) is 121 Å². The minimum absolute atomic E-state index is 0.0594. The molecular weight excluding hydrogens is 1150 g/mol. The molecule has 0 bridgehead atoms. The Morgan fingerprint density at radius 3 is 0.800 bits per heavy atom. The molecule has 2 aliphatic heterocycles. The maximum Gasteiger partial charge on any atom is 0.252 e. The highest BCUT2D eigenvalue weighted by Gasteiger charge is 2.46. The number of hydrogen-bond acceptors (Lipinski definition) is 5. The Kier molecular flexibility index (Phi) is 17.2. The first-order valence-corrected chi connectivity index (χ1v) is 36.6. The Hall–Kier alpha value is -6.79. The first kappa shape index (κ1) is 68.2. The lowest BCUT2D eigenvalue weighted by atomic mass is 9.33. The molecule has 0 unspecified atom stereocenters. The van der Waals surface area contributed by atoms with Crippen LogP contribution < -0.4 is 26.2 Å². The van der Waals surface area contributed by atoms with Gasteiger partial charge < -0.3 is 9.80 Å². The third-order valence-corrected chi connectivity index (χ3v) is 21.8. The third-order valence-electron chi connectivity index (χ3n) is 21.8. The number of nitrogens with zero attached hydrogens (tertiary/aromatic N) is 5. The quantitative estimate of drug-likeness (QED) is 0.149. The molecule has 8 aromatic rings. The summed E-state index contributed by atoms with van der Waals surface area (Å²) in [5.41, 5.74) is 26.7. The molecule has 498 valence electrons. The van der Waals surface area contributed by atoms with Crippen molar-refractivity contribution < 1.29 is 0 Å². The lowest BCUT2D eigenvalue weighted by molar-refractivity contribution is 0.444. The molecule has 95 heavy (non-hydrogen) atoms. The lowest BCUT2D eigenvalue weighted by Crippen LogP contribution is -2.61. The van der Waals surface area contributed by atoms with Crippen LogP contribution in [0.5, 0.6) is 0 Å². The molecule has 0 spiro atoms. The Bertz CT molecular complexity index is 3850. The molecule has 0 radical (unpaired) electrons. The van der Waals surface area contributed by atoms with Crippen LogP contribution >= 0.6 is 0 Å². The first-order valence-electron chi connectivity index (χ1n) is 36.6. The molecule has 0 saturated heterocycles. The Labute approximate surface area is 575 Å². The van der Waals surface area contributed by atoms with Crippen LogP contribution in [0.4, 0.5) is 34.1 Å². The second-order valence-corrected chi connectivity index (χ2v) is 37.8. The van der Waals surface area contributed by atoms with Gasteiger partial charge in [0.05, 0.1) is 0 Å². The van der Waals surface area contributed by atoms with E-state index in [0.717, 1.165) is 16.7 Å². The van der Waals surface area contributed by atoms with Gasteiger partial charge in [0, 0.05) is 50.8 Å². The molecule has 5 nitrogen and oxygen atoms in total. The Balaban J connectivity index is 1.27. The van der Waals surface area contributed by atoms with Crippen LogP contribution in [0.3, 0.4) is 0 Å². The van der Waals surface area contributed by atoms with Gasteiger partial charge >= 0.3 is 0 Å². The van der Waals surface area contributed by atoms with Gasteiger partial charge in [-0.3, -0.25) is 0 Å². The Morgan fingerprint density at radius 2 is 0.537 bits per heavy atom. The summed E-state index contributed by atoms with van der Waals surface area (Å²) in [5.74, 6) is 3.09. The van der Waals surface area contributed by atoms with E-state index < -0.39 is 0 Å². The molecule has 0 N–H and O–H groups in total. The van der Waals surface area contributed by atoms with Gasteiger partial charge in [0.2, 0.25) is 0 Å². The van der Waals surface area contributed by atoms with Gasteiger partial charge in [0.1, 0.15) is 0 Å². The van der Waals surface area contributed by atoms with Crippen molar-refractivity contribution in [2.45, 2.75) is 286 Å². The summed E-state index contributed by atoms with van der Waals surface area (Å²) in [6, 6.07) is 49.9. The fourth-order valence-corrected chi connectivity index (χ4v) is 15.3. The van der Waals surface area contributed by atoms with Crippen molar-refractivity contribution in [3.63, 3.8) is 0 Å². The van der Waals surface area contributed by atoms with E-state index in [1.807, 2.05) is 0 Å². The predicted octanol–water partition coefficient (Wildman–Crippen LogP) is 23.4.